The van der Waals surface area contributed by atoms with Crippen LogP contribution in [0.1, 0.15) is 28.8 Å². The smallest absolute Gasteiger partial charge is 0.322 e. The van der Waals surface area contributed by atoms with Crippen molar-refractivity contribution in [1.29, 1.82) is 0 Å². The Bertz CT molecular complexity index is 1230. The molecule has 0 atom stereocenters. The van der Waals surface area contributed by atoms with E-state index in [2.05, 4.69) is 23.2 Å². The molecule has 0 aliphatic carbocycles. The van der Waals surface area contributed by atoms with Crippen LogP contribution in [-0.4, -0.2) is 73.6 Å². The van der Waals surface area contributed by atoms with E-state index in [-0.39, 0.29) is 18.5 Å². The molecule has 8 nitrogen and oxygen atoms in total. The van der Waals surface area contributed by atoms with Crippen LogP contribution in [0.4, 0.5) is 10.5 Å². The molecule has 4 rings (SSSR count). The Balaban J connectivity index is 1.53. The molecule has 9 heteroatoms. The highest BCUT2D eigenvalue weighted by Gasteiger charge is 2.24. The van der Waals surface area contributed by atoms with Gasteiger partial charge in [0.1, 0.15) is 18.0 Å². The number of rotatable bonds is 12. The summed E-state index contributed by atoms with van der Waals surface area (Å²) >= 11 is 1.65. The molecule has 1 N–H and O–H groups in total. The lowest BCUT2D eigenvalue weighted by atomic mass is 10.2. The Labute approximate surface area is 235 Å². The van der Waals surface area contributed by atoms with Gasteiger partial charge in [-0.1, -0.05) is 30.3 Å². The zero-order valence-electron chi connectivity index (χ0n) is 23.0. The summed E-state index contributed by atoms with van der Waals surface area (Å²) in [4.78, 5) is 34.3. The van der Waals surface area contributed by atoms with Gasteiger partial charge in [0.2, 0.25) is 5.91 Å². The molecule has 1 aromatic heterocycles. The van der Waals surface area contributed by atoms with E-state index in [9.17, 15) is 9.59 Å². The van der Waals surface area contributed by atoms with E-state index in [1.54, 1.807) is 48.7 Å². The van der Waals surface area contributed by atoms with Gasteiger partial charge in [0.15, 0.2) is 0 Å². The van der Waals surface area contributed by atoms with Crippen LogP contribution in [0, 0.1) is 6.92 Å². The van der Waals surface area contributed by atoms with Gasteiger partial charge in [0.25, 0.3) is 0 Å². The predicted molar refractivity (Wildman–Crippen MR) is 156 cm³/mol. The van der Waals surface area contributed by atoms with Crippen LogP contribution in [-0.2, 0) is 17.9 Å². The van der Waals surface area contributed by atoms with Crippen molar-refractivity contribution < 1.29 is 19.1 Å². The highest BCUT2D eigenvalue weighted by molar-refractivity contribution is 7.10. The molecule has 3 amide bonds. The van der Waals surface area contributed by atoms with Gasteiger partial charge in [-0.15, -0.1) is 11.3 Å². The largest absolute Gasteiger partial charge is 0.497 e. The maximum absolute atomic E-state index is 13.8. The van der Waals surface area contributed by atoms with E-state index < -0.39 is 0 Å². The first-order valence-electron chi connectivity index (χ1n) is 13.3. The molecule has 0 radical (unpaired) electrons. The fourth-order valence-electron chi connectivity index (χ4n) is 4.66. The first-order valence-corrected chi connectivity index (χ1v) is 14.2. The number of benzene rings is 2. The van der Waals surface area contributed by atoms with Gasteiger partial charge in [-0.2, -0.15) is 0 Å². The molecule has 39 heavy (non-hydrogen) atoms. The van der Waals surface area contributed by atoms with Gasteiger partial charge < -0.3 is 29.5 Å². The zero-order chi connectivity index (χ0) is 27.6. The molecule has 3 aromatic rings. The average molecular weight is 551 g/mol. The SMILES string of the molecule is COc1ccc(NC(=O)N(CCN2CCCC2)CC(=O)N(Cc2ccccc2)Cc2sccc2C)c(OC)c1. The summed E-state index contributed by atoms with van der Waals surface area (Å²) < 4.78 is 10.8. The van der Waals surface area contributed by atoms with Gasteiger partial charge in [-0.25, -0.2) is 4.79 Å². The first-order chi connectivity index (χ1) is 19.0. The Morgan fingerprint density at radius 1 is 0.974 bits per heavy atom. The van der Waals surface area contributed by atoms with Crippen molar-refractivity contribution in [3.8, 4) is 11.5 Å². The molecule has 208 valence electrons. The van der Waals surface area contributed by atoms with Crippen molar-refractivity contribution in [3.05, 3.63) is 76.0 Å². The number of thiophene rings is 1. The highest BCUT2D eigenvalue weighted by Crippen LogP contribution is 2.29. The van der Waals surface area contributed by atoms with E-state index in [1.807, 2.05) is 40.6 Å². The topological polar surface area (TPSA) is 74.4 Å². The molecule has 0 bridgehead atoms. The Hall–Kier alpha value is -3.56. The summed E-state index contributed by atoms with van der Waals surface area (Å²) in [6.45, 7) is 6.25. The predicted octanol–water partition coefficient (Wildman–Crippen LogP) is 5.23. The fraction of sp³-hybridized carbons (Fsp3) is 0.400. The van der Waals surface area contributed by atoms with Gasteiger partial charge in [0, 0.05) is 30.6 Å². The van der Waals surface area contributed by atoms with Crippen LogP contribution in [0.5, 0.6) is 11.5 Å². The number of hydrogen-bond acceptors (Lipinski definition) is 6. The maximum Gasteiger partial charge on any atom is 0.322 e. The summed E-state index contributed by atoms with van der Waals surface area (Å²) in [5.74, 6) is 1.03. The number of urea groups is 1. The number of aryl methyl sites for hydroxylation is 1. The van der Waals surface area contributed by atoms with E-state index in [1.165, 1.54) is 18.4 Å². The molecule has 0 unspecified atom stereocenters. The third kappa shape index (κ3) is 7.97. The number of likely N-dealkylation sites (tertiary alicyclic amines) is 1. The second-order valence-corrected chi connectivity index (χ2v) is 10.7. The highest BCUT2D eigenvalue weighted by atomic mass is 32.1. The van der Waals surface area contributed by atoms with E-state index >= 15 is 0 Å². The minimum absolute atomic E-state index is 0.0185. The van der Waals surface area contributed by atoms with Gasteiger partial charge in [0.05, 0.1) is 26.5 Å². The normalized spacial score (nSPS) is 13.2. The number of nitrogens with one attached hydrogen (secondary N) is 1. The second kappa shape index (κ2) is 14.0. The number of methoxy groups -OCH3 is 2. The summed E-state index contributed by atoms with van der Waals surface area (Å²) in [6.07, 6.45) is 2.33. The number of ether oxygens (including phenoxy) is 2. The Morgan fingerprint density at radius 2 is 1.74 bits per heavy atom. The average Bonchev–Trinajstić information content (AvgIpc) is 3.63. The maximum atomic E-state index is 13.8. The lowest BCUT2D eigenvalue weighted by molar-refractivity contribution is -0.133. The second-order valence-electron chi connectivity index (χ2n) is 9.73. The Kier molecular flexibility index (Phi) is 10.2. The van der Waals surface area contributed by atoms with Crippen molar-refractivity contribution in [2.75, 3.05) is 52.3 Å². The quantitative estimate of drug-likeness (QED) is 0.334. The number of amides is 3. The van der Waals surface area contributed by atoms with Gasteiger partial charge >= 0.3 is 6.03 Å². The molecule has 1 saturated heterocycles. The molecular weight excluding hydrogens is 512 g/mol. The van der Waals surface area contributed by atoms with E-state index in [0.29, 0.717) is 36.8 Å². The standard InChI is InChI=1S/C30H38N4O4S/c1-23-13-18-39-28(23)21-34(20-24-9-5-4-6-10-24)29(35)22-33(17-16-32-14-7-8-15-32)30(36)31-26-12-11-25(37-2)19-27(26)38-3/h4-6,9-13,18-19H,7-8,14-17,20-22H2,1-3H3,(H,31,36). The van der Waals surface area contributed by atoms with Crippen molar-refractivity contribution >= 4 is 29.0 Å². The third-order valence-corrected chi connectivity index (χ3v) is 8.03. The molecule has 1 fully saturated rings. The first kappa shape index (κ1) is 28.4. The minimum atomic E-state index is -0.335. The number of nitrogens with zero attached hydrogens (tertiary/aromatic N) is 3. The summed E-state index contributed by atoms with van der Waals surface area (Å²) in [6, 6.07) is 16.9. The van der Waals surface area contributed by atoms with Crippen LogP contribution in [0.2, 0.25) is 0 Å². The van der Waals surface area contributed by atoms with Crippen molar-refractivity contribution in [1.82, 2.24) is 14.7 Å². The zero-order valence-corrected chi connectivity index (χ0v) is 23.8. The summed E-state index contributed by atoms with van der Waals surface area (Å²) in [7, 11) is 3.13. The number of hydrogen-bond donors (Lipinski definition) is 1. The monoisotopic (exact) mass is 550 g/mol. The van der Waals surface area contributed by atoms with Gasteiger partial charge in [-0.05, 0) is 67.6 Å². The molecular formula is C30H38N4O4S. The van der Waals surface area contributed by atoms with E-state index in [4.69, 9.17) is 9.47 Å². The number of anilines is 1. The lowest BCUT2D eigenvalue weighted by Gasteiger charge is -2.29. The summed E-state index contributed by atoms with van der Waals surface area (Å²) in [5, 5.41) is 5.01. The Morgan fingerprint density at radius 3 is 2.41 bits per heavy atom. The van der Waals surface area contributed by atoms with Crippen LogP contribution < -0.4 is 14.8 Å². The molecule has 1 aliphatic rings. The molecule has 0 spiro atoms. The van der Waals surface area contributed by atoms with Crippen LogP contribution in [0.3, 0.4) is 0 Å². The van der Waals surface area contributed by atoms with Crippen molar-refractivity contribution in [3.63, 3.8) is 0 Å². The number of carbonyl (C=O) groups is 2. The molecule has 2 aromatic carbocycles. The van der Waals surface area contributed by atoms with Crippen LogP contribution in [0.25, 0.3) is 0 Å². The summed E-state index contributed by atoms with van der Waals surface area (Å²) in [5.41, 5.74) is 2.74. The van der Waals surface area contributed by atoms with Crippen molar-refractivity contribution in [2.45, 2.75) is 32.9 Å². The fourth-order valence-corrected chi connectivity index (χ4v) is 5.58. The lowest BCUT2D eigenvalue weighted by Crippen LogP contribution is -2.46. The molecule has 0 saturated carbocycles. The number of carbonyl (C=O) groups excluding carboxylic acids is 2. The third-order valence-electron chi connectivity index (χ3n) is 7.02. The van der Waals surface area contributed by atoms with Crippen molar-refractivity contribution in [2.24, 2.45) is 0 Å². The molecule has 2 heterocycles. The molecule has 1 aliphatic heterocycles. The van der Waals surface area contributed by atoms with Crippen LogP contribution in [0.15, 0.2) is 60.0 Å². The van der Waals surface area contributed by atoms with E-state index in [0.717, 1.165) is 30.1 Å². The minimum Gasteiger partial charge on any atom is -0.497 e. The van der Waals surface area contributed by atoms with Gasteiger partial charge in [-0.3, -0.25) is 4.79 Å². The van der Waals surface area contributed by atoms with Crippen LogP contribution >= 0.6 is 11.3 Å².